The van der Waals surface area contributed by atoms with E-state index in [1.807, 2.05) is 24.3 Å². The molecular weight excluding hydrogens is 262 g/mol. The van der Waals surface area contributed by atoms with Crippen LogP contribution in [0.15, 0.2) is 40.6 Å². The highest BCUT2D eigenvalue weighted by Gasteiger charge is 2.44. The van der Waals surface area contributed by atoms with Gasteiger partial charge in [-0.05, 0) is 12.8 Å². The van der Waals surface area contributed by atoms with Crippen LogP contribution in [0.4, 0.5) is 0 Å². The molecule has 3 heteroatoms. The van der Waals surface area contributed by atoms with Gasteiger partial charge in [0.2, 0.25) is 5.78 Å². The van der Waals surface area contributed by atoms with Crippen molar-refractivity contribution in [3.63, 3.8) is 0 Å². The maximum absolute atomic E-state index is 12.6. The smallest absolute Gasteiger partial charge is 0.228 e. The Morgan fingerprint density at radius 3 is 2.52 bits per heavy atom. The number of allylic oxidation sites excluding steroid dienone is 1. The van der Waals surface area contributed by atoms with E-state index in [0.29, 0.717) is 5.76 Å². The Balaban J connectivity index is 1.90. The second-order valence-electron chi connectivity index (χ2n) is 6.31. The topological polar surface area (TPSA) is 38.7 Å². The molecule has 108 valence electrons. The molecule has 0 atom stereocenters. The highest BCUT2D eigenvalue weighted by atomic mass is 16.5. The molecule has 0 unspecified atom stereocenters. The van der Waals surface area contributed by atoms with E-state index in [-0.39, 0.29) is 11.3 Å². The summed E-state index contributed by atoms with van der Waals surface area (Å²) in [6.45, 7) is 0. The molecule has 1 aromatic carbocycles. The Labute approximate surface area is 124 Å². The number of ketones is 1. The minimum absolute atomic E-state index is 0.00918. The second-order valence-corrected chi connectivity index (χ2v) is 6.31. The van der Waals surface area contributed by atoms with Gasteiger partial charge in [-0.25, -0.2) is 0 Å². The van der Waals surface area contributed by atoms with Gasteiger partial charge in [-0.15, -0.1) is 0 Å². The number of ether oxygens (including phenoxy) is 1. The molecule has 0 aromatic heterocycles. The molecule has 0 N–H and O–H groups in total. The van der Waals surface area contributed by atoms with E-state index in [4.69, 9.17) is 9.73 Å². The van der Waals surface area contributed by atoms with Gasteiger partial charge in [0, 0.05) is 23.1 Å². The molecule has 3 nitrogen and oxygen atoms in total. The van der Waals surface area contributed by atoms with Gasteiger partial charge in [-0.2, -0.15) is 0 Å². The van der Waals surface area contributed by atoms with E-state index in [2.05, 4.69) is 0 Å². The summed E-state index contributed by atoms with van der Waals surface area (Å²) in [5, 5.41) is 0. The number of fused-ring (bicyclic) bond motifs is 3. The van der Waals surface area contributed by atoms with Crippen LogP contribution in [0.3, 0.4) is 0 Å². The Kier molecular flexibility index (Phi) is 2.78. The number of nitrogens with zero attached hydrogens (tertiary/aromatic N) is 1. The number of benzene rings is 1. The van der Waals surface area contributed by atoms with E-state index in [9.17, 15) is 4.79 Å². The minimum atomic E-state index is 0.00918. The summed E-state index contributed by atoms with van der Waals surface area (Å²) in [4.78, 5) is 17.7. The Bertz CT molecular complexity index is 678. The predicted octanol–water partition coefficient (Wildman–Crippen LogP) is 3.68. The number of hydrogen-bond acceptors (Lipinski definition) is 3. The van der Waals surface area contributed by atoms with Gasteiger partial charge in [0.15, 0.2) is 5.76 Å². The zero-order valence-corrected chi connectivity index (χ0v) is 12.3. The first-order valence-electron chi connectivity index (χ1n) is 7.76. The number of rotatable bonds is 1. The summed E-state index contributed by atoms with van der Waals surface area (Å²) in [5.41, 5.74) is 3.77. The van der Waals surface area contributed by atoms with E-state index in [1.165, 1.54) is 19.3 Å². The van der Waals surface area contributed by atoms with E-state index in [1.54, 1.807) is 7.11 Å². The molecule has 1 aliphatic heterocycles. The molecule has 2 aliphatic carbocycles. The van der Waals surface area contributed by atoms with Crippen molar-refractivity contribution in [1.29, 1.82) is 0 Å². The molecular formula is C18H19NO2. The molecule has 1 aromatic rings. The number of Topliss-reactive ketones (excluding diaryl/α,β-unsaturated/α-hetero) is 1. The van der Waals surface area contributed by atoms with Crippen LogP contribution in [-0.4, -0.2) is 24.1 Å². The molecule has 0 bridgehead atoms. The number of carbonyl (C=O) groups is 1. The standard InChI is InChI=1S/C18H19NO2/c1-21-17-14-11-18(9-5-2-6-10-18)19-15(14)12-7-3-4-8-13(12)16(17)20/h3-4,7-8H,2,5-6,9-11H2,1H3. The van der Waals surface area contributed by atoms with Gasteiger partial charge >= 0.3 is 0 Å². The molecule has 0 saturated heterocycles. The van der Waals surface area contributed by atoms with Gasteiger partial charge in [0.1, 0.15) is 0 Å². The lowest BCUT2D eigenvalue weighted by Gasteiger charge is -2.30. The highest BCUT2D eigenvalue weighted by molar-refractivity contribution is 6.28. The van der Waals surface area contributed by atoms with Crippen molar-refractivity contribution in [2.75, 3.05) is 7.11 Å². The fourth-order valence-corrected chi connectivity index (χ4v) is 4.03. The average molecular weight is 281 g/mol. The number of methoxy groups -OCH3 is 1. The summed E-state index contributed by atoms with van der Waals surface area (Å²) in [7, 11) is 1.59. The van der Waals surface area contributed by atoms with Crippen LogP contribution in [-0.2, 0) is 4.74 Å². The van der Waals surface area contributed by atoms with Gasteiger partial charge in [0.05, 0.1) is 18.4 Å². The summed E-state index contributed by atoms with van der Waals surface area (Å²) in [6, 6.07) is 7.78. The molecule has 21 heavy (non-hydrogen) atoms. The van der Waals surface area contributed by atoms with Crippen molar-refractivity contribution in [2.45, 2.75) is 44.1 Å². The maximum atomic E-state index is 12.6. The molecule has 0 amide bonds. The van der Waals surface area contributed by atoms with Crippen molar-refractivity contribution in [3.8, 4) is 0 Å². The third kappa shape index (κ3) is 1.80. The Morgan fingerprint density at radius 2 is 1.81 bits per heavy atom. The number of carbonyl (C=O) groups excluding carboxylic acids is 1. The van der Waals surface area contributed by atoms with Crippen molar-refractivity contribution in [3.05, 3.63) is 46.7 Å². The summed E-state index contributed by atoms with van der Waals surface area (Å²) in [6.07, 6.45) is 6.91. The van der Waals surface area contributed by atoms with Gasteiger partial charge < -0.3 is 4.74 Å². The first kappa shape index (κ1) is 12.8. The molecule has 0 radical (unpaired) electrons. The lowest BCUT2D eigenvalue weighted by Crippen LogP contribution is -2.27. The van der Waals surface area contributed by atoms with Crippen LogP contribution >= 0.6 is 0 Å². The van der Waals surface area contributed by atoms with E-state index in [0.717, 1.165) is 41.7 Å². The summed E-state index contributed by atoms with van der Waals surface area (Å²) in [5.74, 6) is 0.518. The van der Waals surface area contributed by atoms with E-state index >= 15 is 0 Å². The van der Waals surface area contributed by atoms with Crippen molar-refractivity contribution in [2.24, 2.45) is 4.99 Å². The average Bonchev–Trinajstić information content (AvgIpc) is 2.87. The van der Waals surface area contributed by atoms with Crippen LogP contribution in [0.2, 0.25) is 0 Å². The third-order valence-corrected chi connectivity index (χ3v) is 5.04. The van der Waals surface area contributed by atoms with Gasteiger partial charge in [-0.1, -0.05) is 43.5 Å². The Hall–Kier alpha value is -1.90. The molecule has 1 heterocycles. The summed E-state index contributed by atoms with van der Waals surface area (Å²) < 4.78 is 5.46. The van der Waals surface area contributed by atoms with Crippen LogP contribution in [0.25, 0.3) is 0 Å². The normalized spacial score (nSPS) is 22.9. The monoisotopic (exact) mass is 281 g/mol. The highest BCUT2D eigenvalue weighted by Crippen LogP contribution is 2.45. The zero-order chi connectivity index (χ0) is 14.4. The quantitative estimate of drug-likeness (QED) is 0.787. The van der Waals surface area contributed by atoms with Gasteiger partial charge in [-0.3, -0.25) is 9.79 Å². The van der Waals surface area contributed by atoms with E-state index < -0.39 is 0 Å². The largest absolute Gasteiger partial charge is 0.492 e. The van der Waals surface area contributed by atoms with Gasteiger partial charge in [0.25, 0.3) is 0 Å². The van der Waals surface area contributed by atoms with Crippen LogP contribution < -0.4 is 0 Å². The zero-order valence-electron chi connectivity index (χ0n) is 12.3. The lowest BCUT2D eigenvalue weighted by molar-refractivity contribution is 0.0948. The minimum Gasteiger partial charge on any atom is -0.492 e. The molecule has 1 fully saturated rings. The Morgan fingerprint density at radius 1 is 1.10 bits per heavy atom. The number of aliphatic imine (C=N–C) groups is 1. The summed E-state index contributed by atoms with van der Waals surface area (Å²) >= 11 is 0. The third-order valence-electron chi connectivity index (χ3n) is 5.04. The van der Waals surface area contributed by atoms with Crippen LogP contribution in [0.5, 0.6) is 0 Å². The first-order valence-corrected chi connectivity index (χ1v) is 7.76. The predicted molar refractivity (Wildman–Crippen MR) is 81.8 cm³/mol. The fraction of sp³-hybridized carbons (Fsp3) is 0.444. The second kappa shape index (κ2) is 4.55. The molecule has 1 saturated carbocycles. The van der Waals surface area contributed by atoms with Crippen LogP contribution in [0, 0.1) is 0 Å². The lowest BCUT2D eigenvalue weighted by atomic mass is 9.78. The molecule has 1 spiro atoms. The first-order chi connectivity index (χ1) is 10.2. The molecule has 3 aliphatic rings. The number of hydrogen-bond donors (Lipinski definition) is 0. The van der Waals surface area contributed by atoms with Crippen molar-refractivity contribution < 1.29 is 9.53 Å². The van der Waals surface area contributed by atoms with Crippen molar-refractivity contribution in [1.82, 2.24) is 0 Å². The van der Waals surface area contributed by atoms with Crippen LogP contribution in [0.1, 0.15) is 54.4 Å². The maximum Gasteiger partial charge on any atom is 0.228 e. The SMILES string of the molecule is COC1=C2CC3(CCCCC3)N=C2c2ccccc2C1=O. The fourth-order valence-electron chi connectivity index (χ4n) is 4.03. The molecule has 4 rings (SSSR count). The van der Waals surface area contributed by atoms with Crippen molar-refractivity contribution >= 4 is 11.5 Å².